The van der Waals surface area contributed by atoms with Crippen LogP contribution in [0.1, 0.15) is 44.7 Å². The predicted molar refractivity (Wildman–Crippen MR) is 79.9 cm³/mol. The first-order valence-electron chi connectivity index (χ1n) is 7.54. The molecule has 0 aromatic carbocycles. The van der Waals surface area contributed by atoms with Crippen LogP contribution in [-0.2, 0) is 20.6 Å². The lowest BCUT2D eigenvalue weighted by Gasteiger charge is -2.33. The van der Waals surface area contributed by atoms with E-state index in [2.05, 4.69) is 11.8 Å². The van der Waals surface area contributed by atoms with Crippen LogP contribution in [0.25, 0.3) is 0 Å². The fraction of sp³-hybridized carbons (Fsp3) is 0.733. The SMILES string of the molecule is CCN(Cc1cc(=O)n(C)c(=O)n1C)C1CCCCC1. The van der Waals surface area contributed by atoms with Crippen molar-refractivity contribution in [1.82, 2.24) is 14.0 Å². The smallest absolute Gasteiger partial charge is 0.299 e. The van der Waals surface area contributed by atoms with Crippen LogP contribution in [0.2, 0.25) is 0 Å². The van der Waals surface area contributed by atoms with Gasteiger partial charge in [-0.3, -0.25) is 18.8 Å². The van der Waals surface area contributed by atoms with Gasteiger partial charge in [0.1, 0.15) is 0 Å². The van der Waals surface area contributed by atoms with E-state index in [1.807, 2.05) is 0 Å². The van der Waals surface area contributed by atoms with Crippen molar-refractivity contribution < 1.29 is 0 Å². The Kier molecular flexibility index (Phi) is 4.81. The summed E-state index contributed by atoms with van der Waals surface area (Å²) in [5.41, 5.74) is 0.348. The molecule has 0 N–H and O–H groups in total. The van der Waals surface area contributed by atoms with Crippen LogP contribution in [0.3, 0.4) is 0 Å². The highest BCUT2D eigenvalue weighted by Crippen LogP contribution is 2.23. The minimum atomic E-state index is -0.243. The maximum Gasteiger partial charge on any atom is 0.330 e. The quantitative estimate of drug-likeness (QED) is 0.833. The van der Waals surface area contributed by atoms with Gasteiger partial charge < -0.3 is 0 Å². The normalized spacial score (nSPS) is 16.8. The number of hydrogen-bond donors (Lipinski definition) is 0. The van der Waals surface area contributed by atoms with E-state index in [1.54, 1.807) is 17.7 Å². The molecular formula is C15H25N3O2. The third-order valence-electron chi connectivity index (χ3n) is 4.49. The first-order valence-corrected chi connectivity index (χ1v) is 7.54. The van der Waals surface area contributed by atoms with Gasteiger partial charge >= 0.3 is 5.69 Å². The Bertz CT molecular complexity index is 567. The summed E-state index contributed by atoms with van der Waals surface area (Å²) in [7, 11) is 3.26. The predicted octanol–water partition coefficient (Wildman–Crippen LogP) is 1.24. The van der Waals surface area contributed by atoms with Crippen molar-refractivity contribution in [2.24, 2.45) is 14.1 Å². The molecule has 0 saturated heterocycles. The second kappa shape index (κ2) is 6.39. The minimum Gasteiger partial charge on any atom is -0.299 e. The fourth-order valence-electron chi connectivity index (χ4n) is 3.08. The first-order chi connectivity index (χ1) is 9.54. The van der Waals surface area contributed by atoms with Crippen LogP contribution in [0, 0.1) is 0 Å². The molecule has 112 valence electrons. The molecule has 0 aliphatic heterocycles. The van der Waals surface area contributed by atoms with Crippen molar-refractivity contribution in [3.63, 3.8) is 0 Å². The molecule has 1 aromatic heterocycles. The van der Waals surface area contributed by atoms with Gasteiger partial charge in [0.05, 0.1) is 0 Å². The van der Waals surface area contributed by atoms with E-state index < -0.39 is 0 Å². The third-order valence-corrected chi connectivity index (χ3v) is 4.49. The molecular weight excluding hydrogens is 254 g/mol. The Morgan fingerprint density at radius 3 is 2.40 bits per heavy atom. The van der Waals surface area contributed by atoms with Crippen LogP contribution in [0.15, 0.2) is 15.7 Å². The summed E-state index contributed by atoms with van der Waals surface area (Å²) in [6.07, 6.45) is 6.37. The Morgan fingerprint density at radius 2 is 1.80 bits per heavy atom. The van der Waals surface area contributed by atoms with E-state index in [9.17, 15) is 9.59 Å². The molecule has 0 atom stereocenters. The van der Waals surface area contributed by atoms with Gasteiger partial charge in [-0.15, -0.1) is 0 Å². The van der Waals surface area contributed by atoms with Crippen LogP contribution in [0.4, 0.5) is 0 Å². The molecule has 2 rings (SSSR count). The monoisotopic (exact) mass is 279 g/mol. The van der Waals surface area contributed by atoms with Crippen LogP contribution in [0.5, 0.6) is 0 Å². The molecule has 0 radical (unpaired) electrons. The number of hydrogen-bond acceptors (Lipinski definition) is 3. The van der Waals surface area contributed by atoms with Gasteiger partial charge in [-0.25, -0.2) is 4.79 Å². The second-order valence-corrected chi connectivity index (χ2v) is 5.73. The van der Waals surface area contributed by atoms with E-state index in [1.165, 1.54) is 39.2 Å². The summed E-state index contributed by atoms with van der Waals surface area (Å²) >= 11 is 0. The Morgan fingerprint density at radius 1 is 1.15 bits per heavy atom. The van der Waals surface area contributed by atoms with Gasteiger partial charge in [-0.2, -0.15) is 0 Å². The van der Waals surface area contributed by atoms with Crippen molar-refractivity contribution >= 4 is 0 Å². The van der Waals surface area contributed by atoms with E-state index in [0.29, 0.717) is 12.6 Å². The molecule has 1 aliphatic carbocycles. The zero-order valence-corrected chi connectivity index (χ0v) is 12.8. The van der Waals surface area contributed by atoms with E-state index in [-0.39, 0.29) is 11.2 Å². The standard InChI is InChI=1S/C15H25N3O2/c1-4-18(12-8-6-5-7-9-12)11-13-10-14(19)17(3)15(20)16(13)2/h10,12H,4-9,11H2,1-3H3. The van der Waals surface area contributed by atoms with Gasteiger partial charge in [-0.05, 0) is 19.4 Å². The molecule has 5 nitrogen and oxygen atoms in total. The second-order valence-electron chi connectivity index (χ2n) is 5.73. The van der Waals surface area contributed by atoms with Gasteiger partial charge in [0.2, 0.25) is 0 Å². The van der Waals surface area contributed by atoms with Crippen LogP contribution >= 0.6 is 0 Å². The molecule has 1 aliphatic rings. The summed E-state index contributed by atoms with van der Waals surface area (Å²) in [6.45, 7) is 3.78. The Hall–Kier alpha value is -1.36. The van der Waals surface area contributed by atoms with Crippen molar-refractivity contribution in [2.45, 2.75) is 51.6 Å². The summed E-state index contributed by atoms with van der Waals surface area (Å²) in [6, 6.07) is 2.18. The summed E-state index contributed by atoms with van der Waals surface area (Å²) in [5, 5.41) is 0. The van der Waals surface area contributed by atoms with Gasteiger partial charge in [0.25, 0.3) is 5.56 Å². The van der Waals surface area contributed by atoms with Crippen molar-refractivity contribution in [2.75, 3.05) is 6.54 Å². The maximum absolute atomic E-state index is 12.0. The molecule has 5 heteroatoms. The van der Waals surface area contributed by atoms with E-state index in [0.717, 1.165) is 16.8 Å². The molecule has 1 saturated carbocycles. The number of rotatable bonds is 4. The average molecular weight is 279 g/mol. The summed E-state index contributed by atoms with van der Waals surface area (Å²) in [5.74, 6) is 0. The zero-order chi connectivity index (χ0) is 14.7. The largest absolute Gasteiger partial charge is 0.330 e. The molecule has 1 fully saturated rings. The molecule has 0 bridgehead atoms. The first kappa shape index (κ1) is 15.0. The highest BCUT2D eigenvalue weighted by atomic mass is 16.2. The Balaban J connectivity index is 2.23. The maximum atomic E-state index is 12.0. The van der Waals surface area contributed by atoms with Crippen molar-refractivity contribution in [3.05, 3.63) is 32.6 Å². The summed E-state index contributed by atoms with van der Waals surface area (Å²) in [4.78, 5) is 26.1. The van der Waals surface area contributed by atoms with Crippen molar-refractivity contribution in [3.8, 4) is 0 Å². The lowest BCUT2D eigenvalue weighted by molar-refractivity contribution is 0.152. The highest BCUT2D eigenvalue weighted by Gasteiger charge is 2.21. The molecule has 1 heterocycles. The fourth-order valence-corrected chi connectivity index (χ4v) is 3.08. The molecule has 1 aromatic rings. The molecule has 0 spiro atoms. The Labute approximate surface area is 119 Å². The molecule has 20 heavy (non-hydrogen) atoms. The third kappa shape index (κ3) is 3.03. The van der Waals surface area contributed by atoms with Gasteiger partial charge in [0.15, 0.2) is 0 Å². The van der Waals surface area contributed by atoms with Gasteiger partial charge in [-0.1, -0.05) is 26.2 Å². The lowest BCUT2D eigenvalue weighted by atomic mass is 9.94. The average Bonchev–Trinajstić information content (AvgIpc) is 2.48. The van der Waals surface area contributed by atoms with Crippen molar-refractivity contribution in [1.29, 1.82) is 0 Å². The van der Waals surface area contributed by atoms with Gasteiger partial charge in [0, 0.05) is 38.4 Å². The molecule has 0 unspecified atom stereocenters. The number of nitrogens with zero attached hydrogens (tertiary/aromatic N) is 3. The minimum absolute atomic E-state index is 0.220. The highest BCUT2D eigenvalue weighted by molar-refractivity contribution is 5.02. The zero-order valence-electron chi connectivity index (χ0n) is 12.8. The molecule has 0 amide bonds. The van der Waals surface area contributed by atoms with E-state index in [4.69, 9.17) is 0 Å². The van der Waals surface area contributed by atoms with E-state index >= 15 is 0 Å². The number of aromatic nitrogens is 2. The lowest BCUT2D eigenvalue weighted by Crippen LogP contribution is -2.42. The topological polar surface area (TPSA) is 47.2 Å². The van der Waals surface area contributed by atoms with Crippen LogP contribution < -0.4 is 11.2 Å². The summed E-state index contributed by atoms with van der Waals surface area (Å²) < 4.78 is 2.74. The van der Waals surface area contributed by atoms with Crippen LogP contribution in [-0.4, -0.2) is 26.6 Å².